The van der Waals surface area contributed by atoms with Gasteiger partial charge in [0.1, 0.15) is 6.10 Å². The maximum absolute atomic E-state index is 12.3. The normalized spacial score (nSPS) is 12.0. The van der Waals surface area contributed by atoms with Gasteiger partial charge in [-0.25, -0.2) is 4.79 Å². The lowest BCUT2D eigenvalue weighted by atomic mass is 10.0. The largest absolute Gasteiger partial charge is 0.508 e. The molecule has 1 unspecified atom stereocenters. The Bertz CT molecular complexity index is 557. The quantitative estimate of drug-likeness (QED) is 0.0682. The number of nitrogens with zero attached hydrogens (tertiary/aromatic N) is 1. The number of rotatable bonds is 30. The van der Waals surface area contributed by atoms with Gasteiger partial charge in [0.05, 0.1) is 13.2 Å². The third-order valence-electron chi connectivity index (χ3n) is 7.33. The number of carbonyl (C=O) groups excluding carboxylic acids is 2. The summed E-state index contributed by atoms with van der Waals surface area (Å²) in [5, 5.41) is 8.90. The van der Waals surface area contributed by atoms with Crippen molar-refractivity contribution in [3.8, 4) is 0 Å². The zero-order chi connectivity index (χ0) is 29.5. The predicted octanol–water partition coefficient (Wildman–Crippen LogP) is 8.60. The lowest BCUT2D eigenvalue weighted by Crippen LogP contribution is -2.20. The number of hydrogen-bond donors (Lipinski definition) is 1. The van der Waals surface area contributed by atoms with Gasteiger partial charge in [0, 0.05) is 13.0 Å². The molecule has 0 saturated carbocycles. The summed E-state index contributed by atoms with van der Waals surface area (Å²) in [5.41, 5.74) is 0. The third-order valence-corrected chi connectivity index (χ3v) is 7.33. The molecule has 1 N–H and O–H groups in total. The van der Waals surface area contributed by atoms with Crippen molar-refractivity contribution < 1.29 is 28.9 Å². The van der Waals surface area contributed by atoms with Crippen molar-refractivity contribution in [1.29, 1.82) is 0 Å². The Kier molecular flexibility index (Phi) is 29.6. The summed E-state index contributed by atoms with van der Waals surface area (Å²) in [4.78, 5) is 26.1. The lowest BCUT2D eigenvalue weighted by Gasteiger charge is -2.18. The summed E-state index contributed by atoms with van der Waals surface area (Å²) in [5.74, 6) is -0.0595. The van der Waals surface area contributed by atoms with Crippen LogP contribution in [-0.2, 0) is 19.0 Å². The van der Waals surface area contributed by atoms with Gasteiger partial charge in [-0.15, -0.1) is 0 Å². The molecule has 238 valence electrons. The second kappa shape index (κ2) is 30.6. The Hall–Kier alpha value is -1.34. The molecular weight excluding hydrogens is 506 g/mol. The van der Waals surface area contributed by atoms with Crippen molar-refractivity contribution in [2.45, 2.75) is 161 Å². The van der Waals surface area contributed by atoms with E-state index in [0.717, 1.165) is 103 Å². The van der Waals surface area contributed by atoms with E-state index >= 15 is 0 Å². The summed E-state index contributed by atoms with van der Waals surface area (Å²) in [6.07, 6.45) is 24.1. The fourth-order valence-corrected chi connectivity index (χ4v) is 4.83. The molecule has 0 fully saturated rings. The van der Waals surface area contributed by atoms with Crippen LogP contribution in [-0.4, -0.2) is 68.7 Å². The SMILES string of the molecule is CCCCCCCCCOC(=O)OCCCCCCCCC(CCCCCCCCO)OC(=O)CCCN(C)C. The Balaban J connectivity index is 3.87. The molecule has 0 heterocycles. The Morgan fingerprint density at radius 2 is 1.07 bits per heavy atom. The van der Waals surface area contributed by atoms with Crippen molar-refractivity contribution in [3.05, 3.63) is 0 Å². The van der Waals surface area contributed by atoms with Crippen molar-refractivity contribution in [1.82, 2.24) is 4.90 Å². The molecule has 0 aliphatic rings. The highest BCUT2D eigenvalue weighted by Gasteiger charge is 2.14. The molecule has 0 rings (SSSR count). The minimum absolute atomic E-state index is 0.0322. The van der Waals surface area contributed by atoms with E-state index in [4.69, 9.17) is 19.3 Å². The van der Waals surface area contributed by atoms with Crippen molar-refractivity contribution in [2.24, 2.45) is 0 Å². The molecule has 0 saturated heterocycles. The van der Waals surface area contributed by atoms with Crippen molar-refractivity contribution >= 4 is 12.1 Å². The van der Waals surface area contributed by atoms with Gasteiger partial charge in [-0.3, -0.25) is 4.79 Å². The van der Waals surface area contributed by atoms with Crippen LogP contribution in [0.5, 0.6) is 0 Å². The van der Waals surface area contributed by atoms with Gasteiger partial charge in [0.2, 0.25) is 0 Å². The molecule has 0 aliphatic heterocycles. The van der Waals surface area contributed by atoms with Crippen LogP contribution in [0, 0.1) is 0 Å². The predicted molar refractivity (Wildman–Crippen MR) is 165 cm³/mol. The van der Waals surface area contributed by atoms with E-state index in [-0.39, 0.29) is 18.7 Å². The monoisotopic (exact) mass is 571 g/mol. The first-order chi connectivity index (χ1) is 19.5. The van der Waals surface area contributed by atoms with Gasteiger partial charge in [0.15, 0.2) is 0 Å². The molecule has 0 amide bonds. The molecule has 7 heteroatoms. The maximum atomic E-state index is 12.3. The smallest absolute Gasteiger partial charge is 0.462 e. The Morgan fingerprint density at radius 3 is 1.55 bits per heavy atom. The highest BCUT2D eigenvalue weighted by molar-refractivity contribution is 5.69. The lowest BCUT2D eigenvalue weighted by molar-refractivity contribution is -0.150. The number of aliphatic hydroxyl groups is 1. The molecule has 0 aliphatic carbocycles. The molecule has 0 bridgehead atoms. The minimum Gasteiger partial charge on any atom is -0.462 e. The van der Waals surface area contributed by atoms with Crippen molar-refractivity contribution in [2.75, 3.05) is 40.5 Å². The van der Waals surface area contributed by atoms with Crippen LogP contribution in [0.3, 0.4) is 0 Å². The number of esters is 1. The Morgan fingerprint density at radius 1 is 0.625 bits per heavy atom. The van der Waals surface area contributed by atoms with Gasteiger partial charge in [0.25, 0.3) is 0 Å². The molecule has 7 nitrogen and oxygen atoms in total. The molecule has 0 aromatic heterocycles. The number of aliphatic hydroxyl groups excluding tert-OH is 1. The number of ether oxygens (including phenoxy) is 3. The van der Waals surface area contributed by atoms with Crippen LogP contribution >= 0.6 is 0 Å². The number of unbranched alkanes of at least 4 members (excludes halogenated alkanes) is 16. The van der Waals surface area contributed by atoms with Crippen LogP contribution in [0.1, 0.15) is 155 Å². The zero-order valence-corrected chi connectivity index (χ0v) is 26.6. The molecule has 0 aromatic rings. The summed E-state index contributed by atoms with van der Waals surface area (Å²) < 4.78 is 16.2. The van der Waals surface area contributed by atoms with E-state index in [0.29, 0.717) is 19.6 Å². The van der Waals surface area contributed by atoms with Crippen LogP contribution < -0.4 is 0 Å². The van der Waals surface area contributed by atoms with Crippen LogP contribution in [0.4, 0.5) is 4.79 Å². The highest BCUT2D eigenvalue weighted by atomic mass is 16.7. The van der Waals surface area contributed by atoms with Gasteiger partial charge in [-0.05, 0) is 72.0 Å². The van der Waals surface area contributed by atoms with Crippen LogP contribution in [0.25, 0.3) is 0 Å². The Labute approximate surface area is 247 Å². The average molecular weight is 572 g/mol. The highest BCUT2D eigenvalue weighted by Crippen LogP contribution is 2.18. The zero-order valence-electron chi connectivity index (χ0n) is 26.6. The van der Waals surface area contributed by atoms with E-state index in [1.54, 1.807) is 0 Å². The summed E-state index contributed by atoms with van der Waals surface area (Å²) in [6.45, 7) is 4.30. The average Bonchev–Trinajstić information content (AvgIpc) is 2.92. The number of hydrogen-bond acceptors (Lipinski definition) is 7. The molecule has 0 spiro atoms. The first-order valence-electron chi connectivity index (χ1n) is 16.7. The summed E-state index contributed by atoms with van der Waals surface area (Å²) in [7, 11) is 4.04. The van der Waals surface area contributed by atoms with Gasteiger partial charge >= 0.3 is 12.1 Å². The first kappa shape index (κ1) is 38.7. The topological polar surface area (TPSA) is 85.3 Å². The van der Waals surface area contributed by atoms with Crippen molar-refractivity contribution in [3.63, 3.8) is 0 Å². The second-order valence-electron chi connectivity index (χ2n) is 11.6. The van der Waals surface area contributed by atoms with E-state index in [2.05, 4.69) is 11.8 Å². The fourth-order valence-electron chi connectivity index (χ4n) is 4.83. The first-order valence-corrected chi connectivity index (χ1v) is 16.7. The molecule has 1 atom stereocenters. The van der Waals surface area contributed by atoms with E-state index in [1.807, 2.05) is 14.1 Å². The van der Waals surface area contributed by atoms with Crippen LogP contribution in [0.15, 0.2) is 0 Å². The van der Waals surface area contributed by atoms with E-state index in [1.165, 1.54) is 44.9 Å². The third kappa shape index (κ3) is 29.6. The molecule has 40 heavy (non-hydrogen) atoms. The second-order valence-corrected chi connectivity index (χ2v) is 11.6. The fraction of sp³-hybridized carbons (Fsp3) is 0.939. The molecule has 0 radical (unpaired) electrons. The summed E-state index contributed by atoms with van der Waals surface area (Å²) >= 11 is 0. The molecular formula is C33H65NO6. The van der Waals surface area contributed by atoms with Gasteiger partial charge < -0.3 is 24.2 Å². The minimum atomic E-state index is -0.529. The van der Waals surface area contributed by atoms with Gasteiger partial charge in [-0.2, -0.15) is 0 Å². The summed E-state index contributed by atoms with van der Waals surface area (Å²) in [6, 6.07) is 0. The standard InChI is InChI=1S/C33H65NO6/c1-4-5-6-7-11-16-21-29-38-33(37)39-30-22-17-12-9-14-19-25-31(24-18-13-8-10-15-20-28-35)40-32(36)26-23-27-34(2)3/h31,35H,4-30H2,1-3H3. The molecule has 0 aromatic carbocycles. The van der Waals surface area contributed by atoms with E-state index < -0.39 is 6.16 Å². The van der Waals surface area contributed by atoms with Crippen LogP contribution in [0.2, 0.25) is 0 Å². The van der Waals surface area contributed by atoms with E-state index in [9.17, 15) is 9.59 Å². The maximum Gasteiger partial charge on any atom is 0.508 e. The number of carbonyl (C=O) groups is 2. The van der Waals surface area contributed by atoms with Gasteiger partial charge in [-0.1, -0.05) is 96.8 Å².